The largest absolute Gasteiger partial charge is 0.478 e. The summed E-state index contributed by atoms with van der Waals surface area (Å²) >= 11 is 0. The number of ether oxygens (including phenoxy) is 1. The molecule has 0 N–H and O–H groups in total. The lowest BCUT2D eigenvalue weighted by Crippen LogP contribution is -2.47. The van der Waals surface area contributed by atoms with Crippen LogP contribution >= 0.6 is 0 Å². The van der Waals surface area contributed by atoms with Gasteiger partial charge in [0.05, 0.1) is 12.6 Å². The maximum atomic E-state index is 5.52. The Bertz CT molecular complexity index is 681. The van der Waals surface area contributed by atoms with Gasteiger partial charge in [0.1, 0.15) is 0 Å². The second-order valence-corrected chi connectivity index (χ2v) is 5.96. The highest BCUT2D eigenvalue weighted by Crippen LogP contribution is 2.22. The van der Waals surface area contributed by atoms with Gasteiger partial charge in [0.25, 0.3) is 0 Å². The molecule has 0 unspecified atom stereocenters. The maximum absolute atomic E-state index is 5.52. The molecular formula is C16H24N6O2. The fraction of sp³-hybridized carbons (Fsp3) is 0.625. The van der Waals surface area contributed by atoms with Crippen LogP contribution in [0.25, 0.3) is 0 Å². The van der Waals surface area contributed by atoms with Crippen LogP contribution in [0.1, 0.15) is 37.3 Å². The molecule has 8 nitrogen and oxygen atoms in total. The molecule has 1 aliphatic heterocycles. The van der Waals surface area contributed by atoms with Crippen molar-refractivity contribution in [2.75, 3.05) is 37.7 Å². The molecule has 2 aromatic heterocycles. The van der Waals surface area contributed by atoms with E-state index in [2.05, 4.69) is 36.8 Å². The van der Waals surface area contributed by atoms with Crippen LogP contribution in [0.15, 0.2) is 10.6 Å². The lowest BCUT2D eigenvalue weighted by molar-refractivity contribution is 0.163. The smallest absolute Gasteiger partial charge is 0.243 e. The summed E-state index contributed by atoms with van der Waals surface area (Å²) in [6.07, 6.45) is 0. The summed E-state index contributed by atoms with van der Waals surface area (Å²) in [7, 11) is 0. The van der Waals surface area contributed by atoms with Gasteiger partial charge in [-0.1, -0.05) is 5.16 Å². The van der Waals surface area contributed by atoms with E-state index in [9.17, 15) is 0 Å². The van der Waals surface area contributed by atoms with E-state index in [0.717, 1.165) is 37.8 Å². The quantitative estimate of drug-likeness (QED) is 0.819. The topological polar surface area (TPSA) is 80.4 Å². The monoisotopic (exact) mass is 332 g/mol. The van der Waals surface area contributed by atoms with Gasteiger partial charge in [-0.25, -0.2) is 4.98 Å². The van der Waals surface area contributed by atoms with Gasteiger partial charge in [-0.3, -0.25) is 4.90 Å². The molecule has 0 spiro atoms. The summed E-state index contributed by atoms with van der Waals surface area (Å²) in [5, 5.41) is 3.87. The van der Waals surface area contributed by atoms with Gasteiger partial charge in [-0.15, -0.1) is 0 Å². The number of nitrogens with zero attached hydrogens (tertiary/aromatic N) is 6. The van der Waals surface area contributed by atoms with E-state index in [1.807, 2.05) is 26.8 Å². The zero-order valence-corrected chi connectivity index (χ0v) is 14.7. The zero-order valence-electron chi connectivity index (χ0n) is 14.7. The second kappa shape index (κ2) is 7.12. The predicted molar refractivity (Wildman–Crippen MR) is 89.2 cm³/mol. The van der Waals surface area contributed by atoms with Gasteiger partial charge >= 0.3 is 0 Å². The summed E-state index contributed by atoms with van der Waals surface area (Å²) in [5.74, 6) is 2.72. The third kappa shape index (κ3) is 3.64. The molecule has 1 aliphatic rings. The van der Waals surface area contributed by atoms with Crippen molar-refractivity contribution in [2.24, 2.45) is 0 Å². The first-order valence-electron chi connectivity index (χ1n) is 8.34. The summed E-state index contributed by atoms with van der Waals surface area (Å²) in [5.41, 5.74) is 0.917. The first-order chi connectivity index (χ1) is 11.6. The van der Waals surface area contributed by atoms with Crippen LogP contribution in [0.3, 0.4) is 0 Å². The molecule has 8 heteroatoms. The van der Waals surface area contributed by atoms with Gasteiger partial charge in [0.15, 0.2) is 5.82 Å². The van der Waals surface area contributed by atoms with Crippen molar-refractivity contribution in [1.82, 2.24) is 25.0 Å². The minimum absolute atomic E-state index is 0.116. The fourth-order valence-electron chi connectivity index (χ4n) is 2.84. The molecule has 3 heterocycles. The maximum Gasteiger partial charge on any atom is 0.243 e. The molecule has 0 amide bonds. The van der Waals surface area contributed by atoms with Gasteiger partial charge < -0.3 is 14.2 Å². The van der Waals surface area contributed by atoms with E-state index in [4.69, 9.17) is 9.26 Å². The van der Waals surface area contributed by atoms with E-state index in [-0.39, 0.29) is 6.04 Å². The van der Waals surface area contributed by atoms with Gasteiger partial charge in [-0.2, -0.15) is 9.97 Å². The number of piperazine rings is 1. The highest BCUT2D eigenvalue weighted by atomic mass is 16.5. The minimum Gasteiger partial charge on any atom is -0.478 e. The molecule has 0 aliphatic carbocycles. The average Bonchev–Trinajstić information content (AvgIpc) is 3.00. The first kappa shape index (κ1) is 16.6. The summed E-state index contributed by atoms with van der Waals surface area (Å²) in [6, 6.07) is 1.98. The number of aromatic nitrogens is 4. The fourth-order valence-corrected chi connectivity index (χ4v) is 2.84. The minimum atomic E-state index is 0.116. The molecule has 1 fully saturated rings. The number of rotatable bonds is 5. The molecule has 130 valence electrons. The molecular weight excluding hydrogens is 308 g/mol. The summed E-state index contributed by atoms with van der Waals surface area (Å²) in [6.45, 7) is 11.9. The highest BCUT2D eigenvalue weighted by molar-refractivity contribution is 5.35. The third-order valence-electron chi connectivity index (χ3n) is 4.16. The Balaban J connectivity index is 1.64. The predicted octanol–water partition coefficient (Wildman–Crippen LogP) is 1.76. The molecule has 0 bridgehead atoms. The normalized spacial score (nSPS) is 17.1. The zero-order chi connectivity index (χ0) is 17.1. The van der Waals surface area contributed by atoms with Crippen LogP contribution in [-0.2, 0) is 0 Å². The Morgan fingerprint density at radius 3 is 2.54 bits per heavy atom. The highest BCUT2D eigenvalue weighted by Gasteiger charge is 2.26. The number of anilines is 1. The number of hydrogen-bond donors (Lipinski definition) is 0. The third-order valence-corrected chi connectivity index (χ3v) is 4.16. The van der Waals surface area contributed by atoms with Crippen LogP contribution < -0.4 is 9.64 Å². The van der Waals surface area contributed by atoms with E-state index < -0.39 is 0 Å². The van der Waals surface area contributed by atoms with Crippen molar-refractivity contribution < 1.29 is 9.26 Å². The van der Waals surface area contributed by atoms with Crippen molar-refractivity contribution in [3.8, 4) is 5.88 Å². The molecule has 2 aromatic rings. The number of aryl methyl sites for hydroxylation is 2. The van der Waals surface area contributed by atoms with E-state index in [0.29, 0.717) is 24.2 Å². The Hall–Kier alpha value is -2.22. The van der Waals surface area contributed by atoms with Crippen molar-refractivity contribution in [1.29, 1.82) is 0 Å². The Labute approximate surface area is 141 Å². The van der Waals surface area contributed by atoms with E-state index in [1.54, 1.807) is 0 Å². The van der Waals surface area contributed by atoms with E-state index >= 15 is 0 Å². The van der Waals surface area contributed by atoms with Crippen molar-refractivity contribution in [3.05, 3.63) is 23.5 Å². The van der Waals surface area contributed by atoms with Crippen molar-refractivity contribution >= 4 is 5.95 Å². The van der Waals surface area contributed by atoms with Gasteiger partial charge in [0.2, 0.25) is 17.7 Å². The first-order valence-corrected chi connectivity index (χ1v) is 8.34. The van der Waals surface area contributed by atoms with Crippen LogP contribution in [0, 0.1) is 13.8 Å². The van der Waals surface area contributed by atoms with Gasteiger partial charge in [0, 0.05) is 37.9 Å². The van der Waals surface area contributed by atoms with Crippen molar-refractivity contribution in [3.63, 3.8) is 0 Å². The van der Waals surface area contributed by atoms with Crippen LogP contribution in [-0.4, -0.2) is 57.8 Å². The lowest BCUT2D eigenvalue weighted by Gasteiger charge is -2.36. The summed E-state index contributed by atoms with van der Waals surface area (Å²) in [4.78, 5) is 17.9. The Morgan fingerprint density at radius 1 is 1.17 bits per heavy atom. The molecule has 0 aromatic carbocycles. The Kier molecular flexibility index (Phi) is 4.94. The van der Waals surface area contributed by atoms with Crippen molar-refractivity contribution in [2.45, 2.75) is 33.7 Å². The summed E-state index contributed by atoms with van der Waals surface area (Å²) < 4.78 is 10.8. The molecule has 0 radical (unpaired) electrons. The SMILES string of the molecule is CCOc1cc(C)nc(N2CCN([C@H](C)c3nc(C)no3)CC2)n1. The van der Waals surface area contributed by atoms with Gasteiger partial charge in [-0.05, 0) is 27.7 Å². The average molecular weight is 332 g/mol. The number of hydrogen-bond acceptors (Lipinski definition) is 8. The lowest BCUT2D eigenvalue weighted by atomic mass is 10.2. The molecule has 1 atom stereocenters. The van der Waals surface area contributed by atoms with Crippen LogP contribution in [0.5, 0.6) is 5.88 Å². The molecule has 3 rings (SSSR count). The van der Waals surface area contributed by atoms with Crippen LogP contribution in [0.2, 0.25) is 0 Å². The molecule has 0 saturated carbocycles. The second-order valence-electron chi connectivity index (χ2n) is 5.96. The molecule has 1 saturated heterocycles. The molecule has 24 heavy (non-hydrogen) atoms. The van der Waals surface area contributed by atoms with Crippen LogP contribution in [0.4, 0.5) is 5.95 Å². The Morgan fingerprint density at radius 2 is 1.92 bits per heavy atom. The van der Waals surface area contributed by atoms with E-state index in [1.165, 1.54) is 0 Å². The standard InChI is InChI=1S/C16H24N6O2/c1-5-23-14-10-11(2)17-16(19-14)22-8-6-21(7-9-22)12(3)15-18-13(4)20-24-15/h10,12H,5-9H2,1-4H3/t12-/m1/s1.